The highest BCUT2D eigenvalue weighted by Crippen LogP contribution is 2.39. The Hall–Kier alpha value is -1.08. The predicted octanol–water partition coefficient (Wildman–Crippen LogP) is 2.49. The summed E-state index contributed by atoms with van der Waals surface area (Å²) in [5, 5.41) is 9.59. The van der Waals surface area contributed by atoms with Crippen LogP contribution in [0.4, 0.5) is 0 Å². The van der Waals surface area contributed by atoms with Crippen LogP contribution in [0.15, 0.2) is 0 Å². The molecular weight excluding hydrogens is 252 g/mol. The molecule has 3 aliphatic rings. The number of nitriles is 1. The molecule has 110 valence electrons. The summed E-state index contributed by atoms with van der Waals surface area (Å²) < 4.78 is 5.35. The molecule has 20 heavy (non-hydrogen) atoms. The van der Waals surface area contributed by atoms with Crippen molar-refractivity contribution in [3.05, 3.63) is 0 Å². The lowest BCUT2D eigenvalue weighted by molar-refractivity contribution is -0.150. The number of nitrogens with zero attached hydrogens (tertiary/aromatic N) is 2. The minimum absolute atomic E-state index is 0.0971. The van der Waals surface area contributed by atoms with Gasteiger partial charge in [0.2, 0.25) is 5.91 Å². The highest BCUT2D eigenvalue weighted by molar-refractivity contribution is 5.86. The maximum Gasteiger partial charge on any atom is 0.243 e. The second kappa shape index (κ2) is 5.73. The molecule has 0 aromatic heterocycles. The molecule has 1 saturated carbocycles. The molecule has 3 fully saturated rings. The molecule has 0 aromatic carbocycles. The average molecular weight is 276 g/mol. The van der Waals surface area contributed by atoms with E-state index in [2.05, 4.69) is 11.0 Å². The van der Waals surface area contributed by atoms with Crippen LogP contribution in [0.1, 0.15) is 51.4 Å². The number of hydrogen-bond donors (Lipinski definition) is 0. The molecule has 4 nitrogen and oxygen atoms in total. The van der Waals surface area contributed by atoms with Gasteiger partial charge < -0.3 is 9.64 Å². The maximum absolute atomic E-state index is 13.0. The van der Waals surface area contributed by atoms with E-state index in [1.807, 2.05) is 0 Å². The third kappa shape index (κ3) is 2.33. The summed E-state index contributed by atoms with van der Waals surface area (Å²) in [5.41, 5.74) is -0.808. The summed E-state index contributed by atoms with van der Waals surface area (Å²) in [6, 6.07) is 2.74. The summed E-state index contributed by atoms with van der Waals surface area (Å²) in [4.78, 5) is 15.1. The van der Waals surface area contributed by atoms with E-state index in [-0.39, 0.29) is 5.91 Å². The number of likely N-dealkylation sites (tertiary alicyclic amines) is 1. The Bertz CT molecular complexity index is 407. The van der Waals surface area contributed by atoms with Crippen LogP contribution in [0, 0.1) is 22.7 Å². The number of ether oxygens (including phenoxy) is 1. The van der Waals surface area contributed by atoms with E-state index in [1.54, 1.807) is 0 Å². The van der Waals surface area contributed by atoms with Gasteiger partial charge in [-0.1, -0.05) is 12.8 Å². The van der Waals surface area contributed by atoms with Gasteiger partial charge in [-0.15, -0.1) is 0 Å². The second-order valence-electron chi connectivity index (χ2n) is 6.56. The van der Waals surface area contributed by atoms with E-state index >= 15 is 0 Å². The van der Waals surface area contributed by atoms with Crippen molar-refractivity contribution in [2.75, 3.05) is 19.8 Å². The van der Waals surface area contributed by atoms with Gasteiger partial charge in [0.05, 0.1) is 6.07 Å². The molecule has 2 saturated heterocycles. The molecule has 1 amide bonds. The molecule has 0 N–H and O–H groups in total. The molecule has 0 unspecified atom stereocenters. The summed E-state index contributed by atoms with van der Waals surface area (Å²) in [7, 11) is 0. The van der Waals surface area contributed by atoms with Crippen molar-refractivity contribution in [3.63, 3.8) is 0 Å². The van der Waals surface area contributed by atoms with Gasteiger partial charge in [0.15, 0.2) is 0 Å². The number of piperidine rings is 1. The van der Waals surface area contributed by atoms with Gasteiger partial charge >= 0.3 is 0 Å². The lowest BCUT2D eigenvalue weighted by atomic mass is 9.75. The van der Waals surface area contributed by atoms with Crippen LogP contribution in [-0.2, 0) is 9.53 Å². The average Bonchev–Trinajstić information content (AvgIpc) is 2.54. The van der Waals surface area contributed by atoms with E-state index < -0.39 is 5.41 Å². The first kappa shape index (κ1) is 13.9. The normalized spacial score (nSPS) is 33.0. The maximum atomic E-state index is 13.0. The smallest absolute Gasteiger partial charge is 0.243 e. The van der Waals surface area contributed by atoms with Gasteiger partial charge in [-0.3, -0.25) is 4.79 Å². The predicted molar refractivity (Wildman–Crippen MR) is 74.8 cm³/mol. The molecule has 2 heterocycles. The van der Waals surface area contributed by atoms with Crippen LogP contribution in [0.3, 0.4) is 0 Å². The molecule has 0 radical (unpaired) electrons. The van der Waals surface area contributed by atoms with Crippen molar-refractivity contribution in [2.45, 2.75) is 57.4 Å². The molecule has 0 aromatic rings. The zero-order chi connectivity index (χ0) is 14.0. The molecule has 2 atom stereocenters. The molecule has 0 bridgehead atoms. The number of carbonyl (C=O) groups excluding carboxylic acids is 1. The van der Waals surface area contributed by atoms with E-state index in [1.165, 1.54) is 25.7 Å². The van der Waals surface area contributed by atoms with E-state index in [9.17, 15) is 10.1 Å². The van der Waals surface area contributed by atoms with Crippen molar-refractivity contribution in [3.8, 4) is 6.07 Å². The fourth-order valence-corrected chi connectivity index (χ4v) is 4.25. The van der Waals surface area contributed by atoms with Crippen molar-refractivity contribution in [1.29, 1.82) is 5.26 Å². The first-order chi connectivity index (χ1) is 9.77. The number of rotatable bonds is 1. The Morgan fingerprint density at radius 3 is 2.60 bits per heavy atom. The molecular formula is C16H24N2O2. The van der Waals surface area contributed by atoms with E-state index in [4.69, 9.17) is 4.74 Å². The zero-order valence-corrected chi connectivity index (χ0v) is 12.1. The van der Waals surface area contributed by atoms with Crippen LogP contribution in [0.25, 0.3) is 0 Å². The van der Waals surface area contributed by atoms with Crippen molar-refractivity contribution >= 4 is 5.91 Å². The van der Waals surface area contributed by atoms with Gasteiger partial charge in [-0.25, -0.2) is 0 Å². The standard InChI is InChI=1S/C16H24N2O2/c17-12-16(7-10-20-11-8-16)15(19)18-9-3-5-13-4-1-2-6-14(13)18/h13-14H,1-11H2/t13-,14-/m1/s1. The minimum atomic E-state index is -0.808. The third-order valence-corrected chi connectivity index (χ3v) is 5.47. The number of hydrogen-bond acceptors (Lipinski definition) is 3. The largest absolute Gasteiger partial charge is 0.381 e. The third-order valence-electron chi connectivity index (χ3n) is 5.47. The van der Waals surface area contributed by atoms with Gasteiger partial charge in [0.25, 0.3) is 0 Å². The van der Waals surface area contributed by atoms with Gasteiger partial charge in [0, 0.05) is 25.8 Å². The van der Waals surface area contributed by atoms with Gasteiger partial charge in [-0.2, -0.15) is 5.26 Å². The van der Waals surface area contributed by atoms with E-state index in [0.717, 1.165) is 19.4 Å². The second-order valence-corrected chi connectivity index (χ2v) is 6.56. The van der Waals surface area contributed by atoms with Crippen molar-refractivity contribution < 1.29 is 9.53 Å². The van der Waals surface area contributed by atoms with Gasteiger partial charge in [0.1, 0.15) is 5.41 Å². The molecule has 0 spiro atoms. The highest BCUT2D eigenvalue weighted by Gasteiger charge is 2.46. The Morgan fingerprint density at radius 2 is 1.85 bits per heavy atom. The van der Waals surface area contributed by atoms with E-state index in [0.29, 0.717) is 38.0 Å². The van der Waals surface area contributed by atoms with Crippen molar-refractivity contribution in [2.24, 2.45) is 11.3 Å². The lowest BCUT2D eigenvalue weighted by Gasteiger charge is -2.47. The zero-order valence-electron chi connectivity index (χ0n) is 12.1. The summed E-state index contributed by atoms with van der Waals surface area (Å²) in [6.07, 6.45) is 8.42. The first-order valence-electron chi connectivity index (χ1n) is 8.07. The number of carbonyl (C=O) groups is 1. The Balaban J connectivity index is 1.79. The first-order valence-corrected chi connectivity index (χ1v) is 8.07. The van der Waals surface area contributed by atoms with Crippen LogP contribution < -0.4 is 0 Å². The van der Waals surface area contributed by atoms with Crippen LogP contribution in [-0.4, -0.2) is 36.6 Å². The molecule has 4 heteroatoms. The Labute approximate surface area is 121 Å². The monoisotopic (exact) mass is 276 g/mol. The van der Waals surface area contributed by atoms with Crippen LogP contribution in [0.5, 0.6) is 0 Å². The van der Waals surface area contributed by atoms with Gasteiger partial charge in [-0.05, 0) is 44.4 Å². The highest BCUT2D eigenvalue weighted by atomic mass is 16.5. The fraction of sp³-hybridized carbons (Fsp3) is 0.875. The Kier molecular flexibility index (Phi) is 3.98. The Morgan fingerprint density at radius 1 is 1.15 bits per heavy atom. The summed E-state index contributed by atoms with van der Waals surface area (Å²) in [5.74, 6) is 0.775. The SMILES string of the molecule is N#CC1(C(=O)N2CCC[C@H]3CCCC[C@H]32)CCOCC1. The molecule has 3 rings (SSSR count). The number of amides is 1. The molecule has 2 aliphatic heterocycles. The summed E-state index contributed by atoms with van der Waals surface area (Å²) in [6.45, 7) is 1.94. The van der Waals surface area contributed by atoms with Crippen molar-refractivity contribution in [1.82, 2.24) is 4.90 Å². The van der Waals surface area contributed by atoms with Crippen LogP contribution >= 0.6 is 0 Å². The number of fused-ring (bicyclic) bond motifs is 1. The topological polar surface area (TPSA) is 53.3 Å². The summed E-state index contributed by atoms with van der Waals surface area (Å²) >= 11 is 0. The quantitative estimate of drug-likeness (QED) is 0.739. The fourth-order valence-electron chi connectivity index (χ4n) is 4.25. The van der Waals surface area contributed by atoms with Crippen LogP contribution in [0.2, 0.25) is 0 Å². The minimum Gasteiger partial charge on any atom is -0.381 e. The lowest BCUT2D eigenvalue weighted by Crippen LogP contribution is -2.55. The molecule has 1 aliphatic carbocycles.